The van der Waals surface area contributed by atoms with Gasteiger partial charge in [-0.2, -0.15) is 0 Å². The fourth-order valence-corrected chi connectivity index (χ4v) is 3.64. The van der Waals surface area contributed by atoms with Crippen LogP contribution in [0.3, 0.4) is 0 Å². The van der Waals surface area contributed by atoms with E-state index in [2.05, 4.69) is 20.9 Å². The van der Waals surface area contributed by atoms with Crippen molar-refractivity contribution in [3.63, 3.8) is 0 Å². The number of aliphatic carboxylic acids is 1. The zero-order chi connectivity index (χ0) is 33.4. The number of nitrogens with zero attached hydrogens (tertiary/aromatic N) is 1. The molecule has 1 aromatic rings. The normalized spacial score (nSPS) is 14.1. The van der Waals surface area contributed by atoms with E-state index >= 15 is 0 Å². The molecule has 0 aromatic heterocycles. The minimum atomic E-state index is -1.70. The molecule has 1 rings (SSSR count). The maximum absolute atomic E-state index is 13.1. The van der Waals surface area contributed by atoms with E-state index < -0.39 is 85.3 Å². The van der Waals surface area contributed by atoms with E-state index in [0.717, 1.165) is 0 Å². The van der Waals surface area contributed by atoms with Crippen molar-refractivity contribution < 1.29 is 49.2 Å². The summed E-state index contributed by atoms with van der Waals surface area (Å²) in [6, 6.07) is -1.77. The van der Waals surface area contributed by atoms with Crippen molar-refractivity contribution >= 4 is 41.5 Å². The van der Waals surface area contributed by atoms with Gasteiger partial charge in [0.05, 0.1) is 25.7 Å². The number of hydrogen-bond donors (Lipinski definition) is 12. The van der Waals surface area contributed by atoms with Crippen molar-refractivity contribution in [3.05, 3.63) is 29.8 Å². The summed E-state index contributed by atoms with van der Waals surface area (Å²) < 4.78 is 0. The number of nitrogens with two attached hydrogens (primary N) is 4. The van der Waals surface area contributed by atoms with Gasteiger partial charge in [-0.15, -0.1) is 0 Å². The topological polar surface area (TPSA) is 348 Å². The molecule has 0 saturated heterocycles. The second-order valence-electron chi connectivity index (χ2n) is 9.54. The molecule has 0 bridgehead atoms. The highest BCUT2D eigenvalue weighted by Crippen LogP contribution is 2.11. The lowest BCUT2D eigenvalue weighted by molar-refractivity contribution is -0.143. The third-order valence-corrected chi connectivity index (χ3v) is 5.96. The number of amides is 5. The van der Waals surface area contributed by atoms with Gasteiger partial charge in [0, 0.05) is 6.54 Å². The lowest BCUT2D eigenvalue weighted by atomic mass is 10.1. The average Bonchev–Trinajstić information content (AvgIpc) is 2.95. The molecule has 5 amide bonds. The van der Waals surface area contributed by atoms with Crippen molar-refractivity contribution in [3.8, 4) is 5.75 Å². The summed E-state index contributed by atoms with van der Waals surface area (Å²) in [5.74, 6) is -6.87. The molecule has 0 aliphatic rings. The summed E-state index contributed by atoms with van der Waals surface area (Å²) in [6.07, 6.45) is -0.772. The third-order valence-electron chi connectivity index (χ3n) is 5.96. The minimum absolute atomic E-state index is 0.00542. The molecule has 5 atom stereocenters. The van der Waals surface area contributed by atoms with Crippen molar-refractivity contribution in [2.45, 2.75) is 55.9 Å². The summed E-state index contributed by atoms with van der Waals surface area (Å²) in [5.41, 5.74) is 22.2. The Balaban J connectivity index is 3.02. The maximum atomic E-state index is 13.1. The summed E-state index contributed by atoms with van der Waals surface area (Å²) >= 11 is 0. The van der Waals surface area contributed by atoms with Crippen LogP contribution in [0.2, 0.25) is 0 Å². The van der Waals surface area contributed by atoms with Gasteiger partial charge in [0.1, 0.15) is 29.9 Å². The number of guanidine groups is 1. The fourth-order valence-electron chi connectivity index (χ4n) is 3.64. The predicted octanol–water partition coefficient (Wildman–Crippen LogP) is -5.80. The Morgan fingerprint density at radius 1 is 0.750 bits per heavy atom. The van der Waals surface area contributed by atoms with Gasteiger partial charge < -0.3 is 64.6 Å². The number of aromatic hydroxyl groups is 1. The summed E-state index contributed by atoms with van der Waals surface area (Å²) in [6.45, 7) is -1.86. The summed E-state index contributed by atoms with van der Waals surface area (Å²) in [7, 11) is 0. The van der Waals surface area contributed by atoms with E-state index in [1.54, 1.807) is 0 Å². The quantitative estimate of drug-likeness (QED) is 0.0387. The molecule has 16 N–H and O–H groups in total. The highest BCUT2D eigenvalue weighted by Gasteiger charge is 2.32. The van der Waals surface area contributed by atoms with Crippen molar-refractivity contribution in [1.29, 1.82) is 0 Å². The van der Waals surface area contributed by atoms with E-state index in [-0.39, 0.29) is 37.5 Å². The van der Waals surface area contributed by atoms with E-state index in [1.165, 1.54) is 24.3 Å². The number of rotatable bonds is 19. The molecule has 0 saturated carbocycles. The first-order chi connectivity index (χ1) is 20.7. The number of aliphatic hydroxyl groups is 2. The van der Waals surface area contributed by atoms with Crippen LogP contribution in [0.5, 0.6) is 5.75 Å². The Morgan fingerprint density at radius 3 is 1.77 bits per heavy atom. The van der Waals surface area contributed by atoms with Gasteiger partial charge in [-0.1, -0.05) is 12.1 Å². The molecular weight excluding hydrogens is 586 g/mol. The van der Waals surface area contributed by atoms with Gasteiger partial charge in [-0.3, -0.25) is 29.0 Å². The lowest BCUT2D eigenvalue weighted by Gasteiger charge is -2.25. The van der Waals surface area contributed by atoms with Crippen LogP contribution in [0, 0.1) is 0 Å². The number of benzene rings is 1. The number of carboxylic acids is 1. The molecule has 0 radical (unpaired) electrons. The SMILES string of the molecule is NC(=O)C[C@H](NC(=O)[C@H](CO)NC(=O)[C@@H](N)Cc1ccc(O)cc1)C(=O)N[C@@H](CCCN=C(N)N)C(=O)N[C@@H](CO)C(=O)O. The predicted molar refractivity (Wildman–Crippen MR) is 153 cm³/mol. The van der Waals surface area contributed by atoms with Crippen LogP contribution < -0.4 is 44.2 Å². The van der Waals surface area contributed by atoms with Crippen LogP contribution >= 0.6 is 0 Å². The van der Waals surface area contributed by atoms with Gasteiger partial charge >= 0.3 is 5.97 Å². The molecule has 0 fully saturated rings. The number of primary amides is 1. The zero-order valence-electron chi connectivity index (χ0n) is 23.6. The first kappa shape index (κ1) is 37.0. The number of aliphatic imine (C=N–C) groups is 1. The van der Waals surface area contributed by atoms with Crippen molar-refractivity contribution in [1.82, 2.24) is 21.3 Å². The summed E-state index contributed by atoms with van der Waals surface area (Å²) in [4.78, 5) is 78.0. The number of phenolic OH excluding ortho intramolecular Hbond substituents is 1. The van der Waals surface area contributed by atoms with Crippen LogP contribution in [-0.4, -0.2) is 112 Å². The Kier molecular flexibility index (Phi) is 15.6. The minimum Gasteiger partial charge on any atom is -0.508 e. The van der Waals surface area contributed by atoms with Crippen molar-refractivity contribution in [2.24, 2.45) is 27.9 Å². The van der Waals surface area contributed by atoms with E-state index in [1.807, 2.05) is 5.32 Å². The molecule has 244 valence electrons. The largest absolute Gasteiger partial charge is 0.508 e. The standard InChI is InChI=1S/C25H39N9O10/c26-14(8-12-3-5-13(37)6-4-12)20(39)33-17(10-35)23(42)32-16(9-19(27)38)22(41)31-15(2-1-7-30-25(28)29)21(40)34-18(11-36)24(43)44/h3-6,14-18,35-37H,1-2,7-11,26H2,(H2,27,38)(H,31,41)(H,32,42)(H,33,39)(H,34,40)(H,43,44)(H4,28,29,30)/t14-,15-,16-,17-,18-/m0/s1. The average molecular weight is 626 g/mol. The molecule has 0 aliphatic carbocycles. The first-order valence-corrected chi connectivity index (χ1v) is 13.2. The van der Waals surface area contributed by atoms with Crippen LogP contribution in [0.15, 0.2) is 29.3 Å². The maximum Gasteiger partial charge on any atom is 0.328 e. The van der Waals surface area contributed by atoms with E-state index in [4.69, 9.17) is 28.0 Å². The Morgan fingerprint density at radius 2 is 1.25 bits per heavy atom. The summed E-state index contributed by atoms with van der Waals surface area (Å²) in [5, 5.41) is 46.2. The number of carboxylic acid groups (broad SMARTS) is 1. The number of hydrogen-bond acceptors (Lipinski definition) is 11. The molecule has 19 heteroatoms. The zero-order valence-corrected chi connectivity index (χ0v) is 23.6. The van der Waals surface area contributed by atoms with Gasteiger partial charge in [0.15, 0.2) is 5.96 Å². The monoisotopic (exact) mass is 625 g/mol. The van der Waals surface area contributed by atoms with Crippen LogP contribution in [-0.2, 0) is 35.2 Å². The number of nitrogens with one attached hydrogen (secondary N) is 4. The molecule has 0 heterocycles. The Bertz CT molecular complexity index is 1190. The van der Waals surface area contributed by atoms with Crippen LogP contribution in [0.4, 0.5) is 0 Å². The smallest absolute Gasteiger partial charge is 0.328 e. The lowest BCUT2D eigenvalue weighted by Crippen LogP contribution is -2.60. The van der Waals surface area contributed by atoms with Crippen LogP contribution in [0.1, 0.15) is 24.8 Å². The van der Waals surface area contributed by atoms with Gasteiger partial charge in [0.2, 0.25) is 29.5 Å². The van der Waals surface area contributed by atoms with E-state index in [0.29, 0.717) is 5.56 Å². The van der Waals surface area contributed by atoms with Crippen LogP contribution in [0.25, 0.3) is 0 Å². The van der Waals surface area contributed by atoms with Gasteiger partial charge in [-0.05, 0) is 37.0 Å². The second kappa shape index (κ2) is 18.5. The highest BCUT2D eigenvalue weighted by atomic mass is 16.4. The molecule has 0 unspecified atom stereocenters. The van der Waals surface area contributed by atoms with Gasteiger partial charge in [-0.25, -0.2) is 4.79 Å². The van der Waals surface area contributed by atoms with Crippen molar-refractivity contribution in [2.75, 3.05) is 19.8 Å². The fraction of sp³-hybridized carbons (Fsp3) is 0.480. The highest BCUT2D eigenvalue weighted by molar-refractivity contribution is 5.97. The number of carbonyl (C=O) groups excluding carboxylic acids is 5. The Labute approximate surface area is 251 Å². The molecule has 0 spiro atoms. The van der Waals surface area contributed by atoms with Gasteiger partial charge in [0.25, 0.3) is 0 Å². The first-order valence-electron chi connectivity index (χ1n) is 13.2. The third kappa shape index (κ3) is 13.3. The second-order valence-corrected chi connectivity index (χ2v) is 9.54. The molecule has 19 nitrogen and oxygen atoms in total. The molecule has 0 aliphatic heterocycles. The molecule has 44 heavy (non-hydrogen) atoms. The molecular formula is C25H39N9O10. The Hall–Kier alpha value is -5.01. The van der Waals surface area contributed by atoms with E-state index in [9.17, 15) is 44.1 Å². The number of phenols is 1. The number of carbonyl (C=O) groups is 6. The number of aliphatic hydroxyl groups excluding tert-OH is 2. The molecule has 1 aromatic carbocycles.